The fraction of sp³-hybridized carbons (Fsp3) is 0.400. The van der Waals surface area contributed by atoms with E-state index in [1.54, 1.807) is 20.8 Å². The summed E-state index contributed by atoms with van der Waals surface area (Å²) in [6, 6.07) is 3.81. The van der Waals surface area contributed by atoms with Crippen molar-refractivity contribution >= 4 is 9.84 Å². The number of aryl methyl sites for hydroxylation is 1. The van der Waals surface area contributed by atoms with E-state index >= 15 is 0 Å². The average Bonchev–Trinajstić information content (AvgIpc) is 2.08. The van der Waals surface area contributed by atoms with E-state index in [1.807, 2.05) is 0 Å². The Hall–Kier alpha value is -0.900. The molecule has 1 aromatic rings. The van der Waals surface area contributed by atoms with Crippen LogP contribution in [0.15, 0.2) is 23.1 Å². The van der Waals surface area contributed by atoms with Crippen LogP contribution in [-0.2, 0) is 9.84 Å². The zero-order chi connectivity index (χ0) is 10.9. The van der Waals surface area contributed by atoms with E-state index in [0.717, 1.165) is 6.07 Å². The predicted octanol–water partition coefficient (Wildman–Crippen LogP) is 2.32. The molecule has 0 aliphatic carbocycles. The molecule has 0 aliphatic heterocycles. The minimum absolute atomic E-state index is 0.0903. The molecule has 2 nitrogen and oxygen atoms in total. The fourth-order valence-corrected chi connectivity index (χ4v) is 2.44. The minimum atomic E-state index is -3.37. The van der Waals surface area contributed by atoms with E-state index in [9.17, 15) is 12.8 Å². The molecule has 0 saturated heterocycles. The van der Waals surface area contributed by atoms with Crippen LogP contribution in [-0.4, -0.2) is 13.7 Å². The summed E-state index contributed by atoms with van der Waals surface area (Å²) in [7, 11) is -3.37. The second-order valence-corrected chi connectivity index (χ2v) is 5.98. The molecule has 0 atom stereocenters. The van der Waals surface area contributed by atoms with Crippen LogP contribution >= 0.6 is 0 Å². The topological polar surface area (TPSA) is 34.1 Å². The molecule has 0 unspecified atom stereocenters. The van der Waals surface area contributed by atoms with Gasteiger partial charge in [0.2, 0.25) is 0 Å². The first-order valence-electron chi connectivity index (χ1n) is 4.35. The summed E-state index contributed by atoms with van der Waals surface area (Å²) in [6.07, 6.45) is 0. The standard InChI is InChI=1S/C10H13FO2S/c1-7(2)14(12,13)10-6-9(11)5-4-8(10)3/h4-7H,1-3H3. The average molecular weight is 216 g/mol. The monoisotopic (exact) mass is 216 g/mol. The first-order chi connectivity index (χ1) is 6.35. The highest BCUT2D eigenvalue weighted by molar-refractivity contribution is 7.92. The molecule has 0 radical (unpaired) electrons. The van der Waals surface area contributed by atoms with E-state index in [2.05, 4.69) is 0 Å². The predicted molar refractivity (Wildman–Crippen MR) is 53.5 cm³/mol. The van der Waals surface area contributed by atoms with Crippen molar-refractivity contribution in [3.8, 4) is 0 Å². The van der Waals surface area contributed by atoms with Gasteiger partial charge in [0.25, 0.3) is 0 Å². The lowest BCUT2D eigenvalue weighted by atomic mass is 10.2. The van der Waals surface area contributed by atoms with Gasteiger partial charge in [-0.15, -0.1) is 0 Å². The highest BCUT2D eigenvalue weighted by atomic mass is 32.2. The number of hydrogen-bond donors (Lipinski definition) is 0. The maximum absolute atomic E-state index is 12.9. The van der Waals surface area contributed by atoms with Gasteiger partial charge in [0.15, 0.2) is 9.84 Å². The molecular weight excluding hydrogens is 203 g/mol. The van der Waals surface area contributed by atoms with Crippen molar-refractivity contribution in [1.82, 2.24) is 0 Å². The van der Waals surface area contributed by atoms with Crippen LogP contribution in [0.5, 0.6) is 0 Å². The Bertz CT molecular complexity index is 435. The second-order valence-electron chi connectivity index (χ2n) is 3.50. The van der Waals surface area contributed by atoms with Crippen LogP contribution in [0.2, 0.25) is 0 Å². The summed E-state index contributed by atoms with van der Waals surface area (Å²) < 4.78 is 36.4. The largest absolute Gasteiger partial charge is 0.223 e. The maximum atomic E-state index is 12.9. The summed E-state index contributed by atoms with van der Waals surface area (Å²) in [6.45, 7) is 4.83. The van der Waals surface area contributed by atoms with Crippen LogP contribution in [0.3, 0.4) is 0 Å². The van der Waals surface area contributed by atoms with Gasteiger partial charge in [-0.2, -0.15) is 0 Å². The Morgan fingerprint density at radius 1 is 1.29 bits per heavy atom. The van der Waals surface area contributed by atoms with E-state index in [-0.39, 0.29) is 4.90 Å². The molecule has 4 heteroatoms. The van der Waals surface area contributed by atoms with Crippen LogP contribution in [0, 0.1) is 12.7 Å². The summed E-state index contributed by atoms with van der Waals surface area (Å²) >= 11 is 0. The third-order valence-electron chi connectivity index (χ3n) is 2.08. The molecule has 0 N–H and O–H groups in total. The Balaban J connectivity index is 3.40. The Morgan fingerprint density at radius 3 is 2.36 bits per heavy atom. The quantitative estimate of drug-likeness (QED) is 0.760. The highest BCUT2D eigenvalue weighted by Gasteiger charge is 2.21. The van der Waals surface area contributed by atoms with Gasteiger partial charge >= 0.3 is 0 Å². The molecule has 0 fully saturated rings. The third-order valence-corrected chi connectivity index (χ3v) is 4.37. The maximum Gasteiger partial charge on any atom is 0.181 e. The van der Waals surface area contributed by atoms with E-state index in [0.29, 0.717) is 5.56 Å². The number of hydrogen-bond acceptors (Lipinski definition) is 2. The minimum Gasteiger partial charge on any atom is -0.223 e. The van der Waals surface area contributed by atoms with Crippen molar-refractivity contribution in [1.29, 1.82) is 0 Å². The van der Waals surface area contributed by atoms with E-state index in [4.69, 9.17) is 0 Å². The van der Waals surface area contributed by atoms with Gasteiger partial charge in [0.1, 0.15) is 5.82 Å². The highest BCUT2D eigenvalue weighted by Crippen LogP contribution is 2.20. The summed E-state index contributed by atoms with van der Waals surface area (Å²) in [5, 5.41) is -0.525. The van der Waals surface area contributed by atoms with E-state index in [1.165, 1.54) is 12.1 Å². The molecule has 0 amide bonds. The lowest BCUT2D eigenvalue weighted by Crippen LogP contribution is -2.15. The first kappa shape index (κ1) is 11.2. The zero-order valence-electron chi connectivity index (χ0n) is 8.41. The van der Waals surface area contributed by atoms with Crippen molar-refractivity contribution in [3.63, 3.8) is 0 Å². The summed E-state index contributed by atoms with van der Waals surface area (Å²) in [5.41, 5.74) is 0.583. The lowest BCUT2D eigenvalue weighted by Gasteiger charge is -2.10. The molecular formula is C10H13FO2S. The van der Waals surface area contributed by atoms with Gasteiger partial charge in [0, 0.05) is 0 Å². The summed E-state index contributed by atoms with van der Waals surface area (Å²) in [5.74, 6) is -0.519. The van der Waals surface area contributed by atoms with Gasteiger partial charge < -0.3 is 0 Å². The zero-order valence-corrected chi connectivity index (χ0v) is 9.23. The molecule has 1 aromatic carbocycles. The molecule has 0 aromatic heterocycles. The van der Waals surface area contributed by atoms with Gasteiger partial charge in [-0.25, -0.2) is 12.8 Å². The normalized spacial score (nSPS) is 12.1. The molecule has 0 saturated carbocycles. The molecule has 0 bridgehead atoms. The van der Waals surface area contributed by atoms with Crippen molar-refractivity contribution in [3.05, 3.63) is 29.6 Å². The van der Waals surface area contributed by atoms with Crippen LogP contribution < -0.4 is 0 Å². The number of halogens is 1. The molecule has 0 aliphatic rings. The van der Waals surface area contributed by atoms with Gasteiger partial charge in [0.05, 0.1) is 10.1 Å². The van der Waals surface area contributed by atoms with Crippen molar-refractivity contribution in [2.45, 2.75) is 30.9 Å². The fourth-order valence-electron chi connectivity index (χ4n) is 1.13. The number of rotatable bonds is 2. The van der Waals surface area contributed by atoms with E-state index < -0.39 is 20.9 Å². The first-order valence-corrected chi connectivity index (χ1v) is 5.90. The lowest BCUT2D eigenvalue weighted by molar-refractivity contribution is 0.582. The van der Waals surface area contributed by atoms with Gasteiger partial charge in [-0.3, -0.25) is 0 Å². The third kappa shape index (κ3) is 1.95. The number of benzene rings is 1. The van der Waals surface area contributed by atoms with Crippen molar-refractivity contribution in [2.24, 2.45) is 0 Å². The summed E-state index contributed by atoms with van der Waals surface area (Å²) in [4.78, 5) is 0.0903. The van der Waals surface area contributed by atoms with Gasteiger partial charge in [-0.1, -0.05) is 6.07 Å². The van der Waals surface area contributed by atoms with Crippen molar-refractivity contribution < 1.29 is 12.8 Å². The Labute approximate surface area is 83.7 Å². The van der Waals surface area contributed by atoms with Crippen LogP contribution in [0.1, 0.15) is 19.4 Å². The molecule has 0 heterocycles. The van der Waals surface area contributed by atoms with Crippen LogP contribution in [0.25, 0.3) is 0 Å². The molecule has 1 rings (SSSR count). The Kier molecular flexibility index (Phi) is 2.95. The second kappa shape index (κ2) is 3.69. The molecule has 0 spiro atoms. The van der Waals surface area contributed by atoms with Gasteiger partial charge in [-0.05, 0) is 38.5 Å². The van der Waals surface area contributed by atoms with Crippen molar-refractivity contribution in [2.75, 3.05) is 0 Å². The SMILES string of the molecule is Cc1ccc(F)cc1S(=O)(=O)C(C)C. The molecule has 14 heavy (non-hydrogen) atoms. The molecule has 78 valence electrons. The number of sulfone groups is 1. The smallest absolute Gasteiger partial charge is 0.181 e. The van der Waals surface area contributed by atoms with Crippen LogP contribution in [0.4, 0.5) is 4.39 Å². The Morgan fingerprint density at radius 2 is 1.86 bits per heavy atom.